The van der Waals surface area contributed by atoms with E-state index in [9.17, 15) is 0 Å². The molecule has 2 heteroatoms. The van der Waals surface area contributed by atoms with E-state index in [-0.39, 0.29) is 6.04 Å². The van der Waals surface area contributed by atoms with Gasteiger partial charge in [0.15, 0.2) is 0 Å². The molecule has 0 aliphatic rings. The second kappa shape index (κ2) is 5.19. The third kappa shape index (κ3) is 2.77. The zero-order valence-corrected chi connectivity index (χ0v) is 10.7. The number of benzene rings is 1. The van der Waals surface area contributed by atoms with Gasteiger partial charge in [0.05, 0.1) is 12.3 Å². The van der Waals surface area contributed by atoms with Crippen LogP contribution in [0.1, 0.15) is 35.4 Å². The highest BCUT2D eigenvalue weighted by atomic mass is 16.3. The first-order chi connectivity index (χ1) is 8.18. The van der Waals surface area contributed by atoms with Gasteiger partial charge in [-0.3, -0.25) is 0 Å². The molecule has 1 aromatic carbocycles. The maximum Gasteiger partial charge on any atom is 0.120 e. The SMILES string of the molecule is Cc1cccc(CN[C@@H](C)c2ccco2)c1C. The molecule has 90 valence electrons. The third-order valence-corrected chi connectivity index (χ3v) is 3.29. The molecular weight excluding hydrogens is 210 g/mol. The summed E-state index contributed by atoms with van der Waals surface area (Å²) < 4.78 is 5.38. The van der Waals surface area contributed by atoms with Crippen LogP contribution in [0.15, 0.2) is 41.0 Å². The summed E-state index contributed by atoms with van der Waals surface area (Å²) >= 11 is 0. The smallest absolute Gasteiger partial charge is 0.120 e. The summed E-state index contributed by atoms with van der Waals surface area (Å²) in [7, 11) is 0. The summed E-state index contributed by atoms with van der Waals surface area (Å²) in [6.07, 6.45) is 1.71. The summed E-state index contributed by atoms with van der Waals surface area (Å²) in [5, 5.41) is 3.48. The Bertz CT molecular complexity index is 474. The lowest BCUT2D eigenvalue weighted by Gasteiger charge is -2.13. The van der Waals surface area contributed by atoms with Gasteiger partial charge < -0.3 is 9.73 Å². The molecule has 1 atom stereocenters. The van der Waals surface area contributed by atoms with Crippen LogP contribution in [0.2, 0.25) is 0 Å². The van der Waals surface area contributed by atoms with Crippen molar-refractivity contribution < 1.29 is 4.42 Å². The minimum absolute atomic E-state index is 0.241. The van der Waals surface area contributed by atoms with Crippen molar-refractivity contribution in [1.29, 1.82) is 0 Å². The Balaban J connectivity index is 2.00. The van der Waals surface area contributed by atoms with Crippen LogP contribution in [0.5, 0.6) is 0 Å². The van der Waals surface area contributed by atoms with E-state index < -0.39 is 0 Å². The average Bonchev–Trinajstić information content (AvgIpc) is 2.84. The molecule has 0 saturated carbocycles. The van der Waals surface area contributed by atoms with Crippen molar-refractivity contribution in [3.05, 3.63) is 59.0 Å². The van der Waals surface area contributed by atoms with Gasteiger partial charge >= 0.3 is 0 Å². The molecule has 0 radical (unpaired) electrons. The summed E-state index contributed by atoms with van der Waals surface area (Å²) in [6.45, 7) is 7.30. The lowest BCUT2D eigenvalue weighted by atomic mass is 10.0. The maximum atomic E-state index is 5.38. The first-order valence-corrected chi connectivity index (χ1v) is 6.00. The zero-order valence-electron chi connectivity index (χ0n) is 10.7. The number of nitrogens with one attached hydrogen (secondary N) is 1. The molecule has 0 unspecified atom stereocenters. The van der Waals surface area contributed by atoms with Crippen molar-refractivity contribution in [2.45, 2.75) is 33.4 Å². The minimum atomic E-state index is 0.241. The Morgan fingerprint density at radius 3 is 2.71 bits per heavy atom. The topological polar surface area (TPSA) is 25.2 Å². The molecule has 0 fully saturated rings. The second-order valence-corrected chi connectivity index (χ2v) is 4.48. The largest absolute Gasteiger partial charge is 0.468 e. The molecular formula is C15H19NO. The lowest BCUT2D eigenvalue weighted by molar-refractivity contribution is 0.430. The van der Waals surface area contributed by atoms with E-state index >= 15 is 0 Å². The van der Waals surface area contributed by atoms with Crippen LogP contribution in [0, 0.1) is 13.8 Å². The van der Waals surface area contributed by atoms with E-state index in [1.54, 1.807) is 6.26 Å². The monoisotopic (exact) mass is 229 g/mol. The van der Waals surface area contributed by atoms with Crippen LogP contribution in [-0.2, 0) is 6.54 Å². The first-order valence-electron chi connectivity index (χ1n) is 6.00. The van der Waals surface area contributed by atoms with Gasteiger partial charge in [0.2, 0.25) is 0 Å². The van der Waals surface area contributed by atoms with Crippen LogP contribution in [0.4, 0.5) is 0 Å². The van der Waals surface area contributed by atoms with Crippen molar-refractivity contribution in [3.8, 4) is 0 Å². The molecule has 17 heavy (non-hydrogen) atoms. The van der Waals surface area contributed by atoms with Gasteiger partial charge in [-0.15, -0.1) is 0 Å². The minimum Gasteiger partial charge on any atom is -0.468 e. The number of aryl methyl sites for hydroxylation is 1. The zero-order chi connectivity index (χ0) is 12.3. The van der Waals surface area contributed by atoms with Crippen LogP contribution in [-0.4, -0.2) is 0 Å². The van der Waals surface area contributed by atoms with E-state index in [1.807, 2.05) is 12.1 Å². The number of furan rings is 1. The second-order valence-electron chi connectivity index (χ2n) is 4.48. The summed E-state index contributed by atoms with van der Waals surface area (Å²) in [4.78, 5) is 0. The predicted molar refractivity (Wildman–Crippen MR) is 69.9 cm³/mol. The fraction of sp³-hybridized carbons (Fsp3) is 0.333. The highest BCUT2D eigenvalue weighted by molar-refractivity contribution is 5.33. The van der Waals surface area contributed by atoms with Gasteiger partial charge in [0.25, 0.3) is 0 Å². The Morgan fingerprint density at radius 2 is 2.00 bits per heavy atom. The fourth-order valence-electron chi connectivity index (χ4n) is 1.90. The molecule has 0 saturated heterocycles. The molecule has 0 amide bonds. The van der Waals surface area contributed by atoms with Crippen LogP contribution >= 0.6 is 0 Å². The number of hydrogen-bond donors (Lipinski definition) is 1. The van der Waals surface area contributed by atoms with Gasteiger partial charge in [-0.2, -0.15) is 0 Å². The average molecular weight is 229 g/mol. The molecule has 1 heterocycles. The van der Waals surface area contributed by atoms with E-state index in [1.165, 1.54) is 16.7 Å². The van der Waals surface area contributed by atoms with E-state index in [2.05, 4.69) is 44.3 Å². The number of hydrogen-bond acceptors (Lipinski definition) is 2. The van der Waals surface area contributed by atoms with Crippen molar-refractivity contribution in [3.63, 3.8) is 0 Å². The first kappa shape index (κ1) is 11.9. The molecule has 2 nitrogen and oxygen atoms in total. The Kier molecular flexibility index (Phi) is 3.64. The van der Waals surface area contributed by atoms with Crippen molar-refractivity contribution in [2.75, 3.05) is 0 Å². The molecule has 0 spiro atoms. The van der Waals surface area contributed by atoms with Crippen molar-refractivity contribution >= 4 is 0 Å². The fourth-order valence-corrected chi connectivity index (χ4v) is 1.90. The van der Waals surface area contributed by atoms with Crippen LogP contribution in [0.3, 0.4) is 0 Å². The summed E-state index contributed by atoms with van der Waals surface area (Å²) in [6, 6.07) is 10.6. The molecule has 0 aliphatic carbocycles. The Morgan fingerprint density at radius 1 is 1.18 bits per heavy atom. The van der Waals surface area contributed by atoms with Gasteiger partial charge in [0.1, 0.15) is 5.76 Å². The quantitative estimate of drug-likeness (QED) is 0.863. The van der Waals surface area contributed by atoms with Crippen LogP contribution < -0.4 is 5.32 Å². The molecule has 2 rings (SSSR count). The molecule has 1 N–H and O–H groups in total. The predicted octanol–water partition coefficient (Wildman–Crippen LogP) is 3.75. The summed E-state index contributed by atoms with van der Waals surface area (Å²) in [5.74, 6) is 0.982. The Labute approximate surface area is 103 Å². The van der Waals surface area contributed by atoms with E-state index in [4.69, 9.17) is 4.42 Å². The molecule has 1 aromatic heterocycles. The molecule has 2 aromatic rings. The standard InChI is InChI=1S/C15H19NO/c1-11-6-4-7-14(12(11)2)10-16-13(3)15-8-5-9-17-15/h4-9,13,16H,10H2,1-3H3/t13-/m0/s1. The molecule has 0 bridgehead atoms. The lowest BCUT2D eigenvalue weighted by Crippen LogP contribution is -2.18. The molecule has 0 aliphatic heterocycles. The van der Waals surface area contributed by atoms with Gasteiger partial charge in [0, 0.05) is 6.54 Å². The highest BCUT2D eigenvalue weighted by Crippen LogP contribution is 2.16. The van der Waals surface area contributed by atoms with Crippen molar-refractivity contribution in [2.24, 2.45) is 0 Å². The normalized spacial score (nSPS) is 12.6. The van der Waals surface area contributed by atoms with Crippen molar-refractivity contribution in [1.82, 2.24) is 5.32 Å². The van der Waals surface area contributed by atoms with E-state index in [0.29, 0.717) is 0 Å². The van der Waals surface area contributed by atoms with Gasteiger partial charge in [-0.1, -0.05) is 18.2 Å². The van der Waals surface area contributed by atoms with Gasteiger partial charge in [-0.25, -0.2) is 0 Å². The van der Waals surface area contributed by atoms with Crippen LogP contribution in [0.25, 0.3) is 0 Å². The Hall–Kier alpha value is -1.54. The highest BCUT2D eigenvalue weighted by Gasteiger charge is 2.08. The summed E-state index contributed by atoms with van der Waals surface area (Å²) in [5.41, 5.74) is 4.06. The third-order valence-electron chi connectivity index (χ3n) is 3.29. The van der Waals surface area contributed by atoms with E-state index in [0.717, 1.165) is 12.3 Å². The number of rotatable bonds is 4. The maximum absolute atomic E-state index is 5.38. The van der Waals surface area contributed by atoms with Gasteiger partial charge in [-0.05, 0) is 49.6 Å².